The van der Waals surface area contributed by atoms with Gasteiger partial charge in [0, 0.05) is 33.7 Å². The van der Waals surface area contributed by atoms with Crippen molar-refractivity contribution in [2.24, 2.45) is 11.7 Å². The van der Waals surface area contributed by atoms with E-state index < -0.39 is 0 Å². The van der Waals surface area contributed by atoms with Gasteiger partial charge in [0.1, 0.15) is 5.65 Å². The van der Waals surface area contributed by atoms with Gasteiger partial charge < -0.3 is 21.4 Å². The first-order chi connectivity index (χ1) is 12.5. The molecule has 2 heterocycles. The fraction of sp³-hybridized carbons (Fsp3) is 0.211. The third kappa shape index (κ3) is 3.68. The van der Waals surface area contributed by atoms with Gasteiger partial charge in [-0.05, 0) is 46.9 Å². The van der Waals surface area contributed by atoms with E-state index in [0.717, 1.165) is 10.9 Å². The average Bonchev–Trinajstić information content (AvgIpc) is 3.04. The minimum Gasteiger partial charge on any atom is -0.344 e. The molecule has 3 aromatic rings. The van der Waals surface area contributed by atoms with Crippen LogP contribution in [0.2, 0.25) is 0 Å². The Labute approximate surface area is 159 Å². The summed E-state index contributed by atoms with van der Waals surface area (Å²) in [5.74, 6) is -0.0156. The highest BCUT2D eigenvalue weighted by Gasteiger charge is 2.19. The van der Waals surface area contributed by atoms with Gasteiger partial charge in [-0.1, -0.05) is 25.1 Å². The van der Waals surface area contributed by atoms with E-state index in [1.807, 2.05) is 25.1 Å². The molecule has 0 radical (unpaired) electrons. The molecule has 134 valence electrons. The molecule has 26 heavy (non-hydrogen) atoms. The van der Waals surface area contributed by atoms with Crippen LogP contribution in [0, 0.1) is 11.3 Å². The first kappa shape index (κ1) is 18.3. The quantitative estimate of drug-likeness (QED) is 0.459. The fourth-order valence-corrected chi connectivity index (χ4v) is 3.32. The van der Waals surface area contributed by atoms with E-state index in [1.54, 1.807) is 24.5 Å². The number of anilines is 1. The molecule has 2 aromatic heterocycles. The molecule has 1 atom stereocenters. The Morgan fingerprint density at radius 2 is 2.12 bits per heavy atom. The van der Waals surface area contributed by atoms with Crippen LogP contribution in [0.25, 0.3) is 11.0 Å². The Morgan fingerprint density at radius 1 is 1.38 bits per heavy atom. The fourth-order valence-electron chi connectivity index (χ4n) is 2.78. The normalized spacial score (nSPS) is 12.1. The number of benzene rings is 1. The zero-order valence-electron chi connectivity index (χ0n) is 14.3. The second kappa shape index (κ2) is 7.80. The molecule has 0 fully saturated rings. The molecule has 0 saturated carbocycles. The van der Waals surface area contributed by atoms with E-state index in [9.17, 15) is 4.79 Å². The third-order valence-corrected chi connectivity index (χ3v) is 4.80. The molecule has 3 rings (SSSR count). The Balaban J connectivity index is 2.01. The van der Waals surface area contributed by atoms with Crippen LogP contribution in [0.5, 0.6) is 0 Å². The number of aromatic amines is 1. The first-order valence-electron chi connectivity index (χ1n) is 8.31. The minimum absolute atomic E-state index is 0.193. The Hall–Kier alpha value is -2.51. The smallest absolute Gasteiger partial charge is 0.255 e. The minimum atomic E-state index is -0.209. The molecule has 0 unspecified atom stereocenters. The lowest BCUT2D eigenvalue weighted by atomic mass is 9.97. The lowest BCUT2D eigenvalue weighted by Gasteiger charge is -2.13. The predicted molar refractivity (Wildman–Crippen MR) is 108 cm³/mol. The summed E-state index contributed by atoms with van der Waals surface area (Å²) in [6, 6.07) is 9.01. The zero-order valence-corrected chi connectivity index (χ0v) is 15.9. The number of H-pyrrole nitrogens is 1. The number of fused-ring (bicyclic) bond motifs is 1. The van der Waals surface area contributed by atoms with Gasteiger partial charge in [-0.3, -0.25) is 4.79 Å². The monoisotopic (exact) mass is 413 g/mol. The molecule has 0 spiro atoms. The topological polar surface area (TPSA) is 108 Å². The summed E-state index contributed by atoms with van der Waals surface area (Å²) in [6.45, 7) is 2.52. The number of hydrogen-bond acceptors (Lipinski definition) is 4. The van der Waals surface area contributed by atoms with E-state index in [4.69, 9.17) is 11.1 Å². The van der Waals surface area contributed by atoms with E-state index >= 15 is 0 Å². The van der Waals surface area contributed by atoms with Crippen LogP contribution in [0.3, 0.4) is 0 Å². The van der Waals surface area contributed by atoms with Gasteiger partial charge in [0.05, 0.1) is 11.1 Å². The molecular formula is C19H20BrN5O. The third-order valence-electron chi connectivity index (χ3n) is 4.20. The van der Waals surface area contributed by atoms with Crippen LogP contribution in [0.1, 0.15) is 29.3 Å². The van der Waals surface area contributed by atoms with Crippen molar-refractivity contribution < 1.29 is 4.79 Å². The average molecular weight is 414 g/mol. The number of pyridine rings is 1. The number of nitrogens with one attached hydrogen (secondary N) is 3. The van der Waals surface area contributed by atoms with Crippen LogP contribution in [-0.4, -0.2) is 28.1 Å². The van der Waals surface area contributed by atoms with Crippen LogP contribution < -0.4 is 11.1 Å². The van der Waals surface area contributed by atoms with Crippen molar-refractivity contribution in [2.45, 2.75) is 13.3 Å². The maximum absolute atomic E-state index is 12.5. The second-order valence-electron chi connectivity index (χ2n) is 6.25. The Morgan fingerprint density at radius 3 is 2.81 bits per heavy atom. The number of nitrogens with zero attached hydrogens (tertiary/aromatic N) is 1. The van der Waals surface area contributed by atoms with Gasteiger partial charge in [0.25, 0.3) is 5.91 Å². The summed E-state index contributed by atoms with van der Waals surface area (Å²) < 4.78 is 0.717. The van der Waals surface area contributed by atoms with Crippen molar-refractivity contribution in [3.63, 3.8) is 0 Å². The largest absolute Gasteiger partial charge is 0.344 e. The molecule has 7 heteroatoms. The van der Waals surface area contributed by atoms with Crippen molar-refractivity contribution in [3.05, 3.63) is 58.3 Å². The lowest BCUT2D eigenvalue weighted by molar-refractivity contribution is 0.102. The summed E-state index contributed by atoms with van der Waals surface area (Å²) in [7, 11) is 0. The van der Waals surface area contributed by atoms with E-state index in [-0.39, 0.29) is 11.8 Å². The summed E-state index contributed by atoms with van der Waals surface area (Å²) in [6.07, 6.45) is 3.91. The predicted octanol–water partition coefficient (Wildman–Crippen LogP) is 3.93. The summed E-state index contributed by atoms with van der Waals surface area (Å²) >= 11 is 3.50. The molecule has 6 nitrogen and oxygen atoms in total. The molecule has 5 N–H and O–H groups in total. The van der Waals surface area contributed by atoms with Gasteiger partial charge in [-0.2, -0.15) is 0 Å². The summed E-state index contributed by atoms with van der Waals surface area (Å²) in [4.78, 5) is 19.9. The molecule has 0 bridgehead atoms. The van der Waals surface area contributed by atoms with Gasteiger partial charge >= 0.3 is 0 Å². The Kier molecular flexibility index (Phi) is 5.49. The maximum atomic E-state index is 12.5. The highest BCUT2D eigenvalue weighted by Crippen LogP contribution is 2.32. The first-order valence-corrected chi connectivity index (χ1v) is 9.10. The van der Waals surface area contributed by atoms with E-state index in [2.05, 4.69) is 31.2 Å². The standard InChI is InChI=1S/C19H20BrN5O/c1-11(8-21)7-14(22)16-13(20)9-23-18-17(16)15(10-24-18)25-19(26)12-5-3-2-4-6-12/h2-6,9-11,22H,7-8,21H2,1H3,(H,23,24)(H,25,26)/t11-/m1/s1. The van der Waals surface area contributed by atoms with Gasteiger partial charge in [-0.15, -0.1) is 0 Å². The van der Waals surface area contributed by atoms with Crippen LogP contribution in [0.4, 0.5) is 5.69 Å². The summed E-state index contributed by atoms with van der Waals surface area (Å²) in [5, 5.41) is 12.2. The number of rotatable bonds is 6. The number of halogens is 1. The molecule has 0 aliphatic carbocycles. The van der Waals surface area contributed by atoms with Gasteiger partial charge in [0.15, 0.2) is 0 Å². The molecule has 0 aliphatic rings. The van der Waals surface area contributed by atoms with E-state index in [1.165, 1.54) is 0 Å². The number of aromatic nitrogens is 2. The van der Waals surface area contributed by atoms with Crippen molar-refractivity contribution >= 4 is 44.3 Å². The number of amides is 1. The molecule has 1 aromatic carbocycles. The Bertz CT molecular complexity index is 951. The molecule has 1 amide bonds. The molecule has 0 saturated heterocycles. The van der Waals surface area contributed by atoms with Crippen LogP contribution >= 0.6 is 15.9 Å². The number of carbonyl (C=O) groups is 1. The van der Waals surface area contributed by atoms with E-state index in [0.29, 0.717) is 40.0 Å². The van der Waals surface area contributed by atoms with Crippen LogP contribution in [0.15, 0.2) is 47.2 Å². The highest BCUT2D eigenvalue weighted by molar-refractivity contribution is 9.10. The van der Waals surface area contributed by atoms with Gasteiger partial charge in [0.2, 0.25) is 0 Å². The molecule has 0 aliphatic heterocycles. The maximum Gasteiger partial charge on any atom is 0.255 e. The summed E-state index contributed by atoms with van der Waals surface area (Å²) in [5.41, 5.74) is 8.67. The van der Waals surface area contributed by atoms with Crippen molar-refractivity contribution in [1.29, 1.82) is 5.41 Å². The molecular weight excluding hydrogens is 394 g/mol. The SMILES string of the molecule is C[C@@H](CN)CC(=N)c1c(Br)cnc2[nH]cc(NC(=O)c3ccccc3)c12. The highest BCUT2D eigenvalue weighted by atomic mass is 79.9. The number of hydrogen-bond donors (Lipinski definition) is 4. The lowest BCUT2D eigenvalue weighted by Crippen LogP contribution is -2.16. The van der Waals surface area contributed by atoms with Crippen molar-refractivity contribution in [1.82, 2.24) is 9.97 Å². The van der Waals surface area contributed by atoms with Crippen molar-refractivity contribution in [3.8, 4) is 0 Å². The second-order valence-corrected chi connectivity index (χ2v) is 7.11. The number of nitrogens with two attached hydrogens (primary N) is 1. The number of carbonyl (C=O) groups excluding carboxylic acids is 1. The van der Waals surface area contributed by atoms with Crippen molar-refractivity contribution in [2.75, 3.05) is 11.9 Å². The van der Waals surface area contributed by atoms with Crippen LogP contribution in [-0.2, 0) is 0 Å². The van der Waals surface area contributed by atoms with Gasteiger partial charge in [-0.25, -0.2) is 4.98 Å². The zero-order chi connectivity index (χ0) is 18.7.